The van der Waals surface area contributed by atoms with Gasteiger partial charge in [-0.15, -0.1) is 0 Å². The number of aromatic nitrogens is 2. The van der Waals surface area contributed by atoms with Crippen molar-refractivity contribution in [3.63, 3.8) is 0 Å². The third kappa shape index (κ3) is 13.0. The van der Waals surface area contributed by atoms with Gasteiger partial charge >= 0.3 is 0 Å². The van der Waals surface area contributed by atoms with Gasteiger partial charge in [0.15, 0.2) is 6.29 Å². The number of hydrogen-bond acceptors (Lipinski definition) is 9. The van der Waals surface area contributed by atoms with Gasteiger partial charge in [-0.2, -0.15) is 5.10 Å². The molecule has 10 nitrogen and oxygen atoms in total. The molecule has 5 rings (SSSR count). The summed E-state index contributed by atoms with van der Waals surface area (Å²) in [5, 5.41) is 17.4. The zero-order chi connectivity index (χ0) is 38.3. The lowest BCUT2D eigenvalue weighted by Crippen LogP contribution is -2.49. The molecule has 3 heterocycles. The number of methoxy groups -OCH3 is 1. The Balaban J connectivity index is 0.00000148. The molecule has 0 spiro atoms. The number of benzene rings is 2. The van der Waals surface area contributed by atoms with E-state index in [1.54, 1.807) is 7.11 Å². The summed E-state index contributed by atoms with van der Waals surface area (Å²) in [5.74, 6) is 4.50. The van der Waals surface area contributed by atoms with Crippen LogP contribution in [0.5, 0.6) is 11.5 Å². The van der Waals surface area contributed by atoms with E-state index in [9.17, 15) is 0 Å². The average molecular weight is 717 g/mol. The summed E-state index contributed by atoms with van der Waals surface area (Å²) in [6, 6.07) is 15.7. The molecule has 0 bridgehead atoms. The van der Waals surface area contributed by atoms with Crippen LogP contribution in [0.4, 0.5) is 11.4 Å². The Hall–Kier alpha value is -4.33. The third-order valence-electron chi connectivity index (χ3n) is 8.74. The van der Waals surface area contributed by atoms with Gasteiger partial charge in [0.25, 0.3) is 0 Å². The maximum absolute atomic E-state index is 6.32. The molecule has 1 aromatic heterocycles. The van der Waals surface area contributed by atoms with Crippen molar-refractivity contribution in [3.05, 3.63) is 71.7 Å². The van der Waals surface area contributed by atoms with Gasteiger partial charge in [-0.05, 0) is 92.6 Å². The first-order chi connectivity index (χ1) is 25.5. The molecule has 3 aromatic rings. The Morgan fingerprint density at radius 3 is 2.29 bits per heavy atom. The van der Waals surface area contributed by atoms with Crippen LogP contribution >= 0.6 is 0 Å². The second-order valence-electron chi connectivity index (χ2n) is 12.2. The molecule has 2 aliphatic rings. The van der Waals surface area contributed by atoms with E-state index in [0.29, 0.717) is 18.3 Å². The second-order valence-corrected chi connectivity index (χ2v) is 12.2. The number of nitrogens with zero attached hydrogens (tertiary/aromatic N) is 3. The summed E-state index contributed by atoms with van der Waals surface area (Å²) in [6.45, 7) is 23.8. The maximum Gasteiger partial charge on any atom is 0.152 e. The second kappa shape index (κ2) is 24.8. The first kappa shape index (κ1) is 43.8. The van der Waals surface area contributed by atoms with Crippen LogP contribution < -0.4 is 36.1 Å². The Morgan fingerprint density at radius 1 is 1.00 bits per heavy atom. The quantitative estimate of drug-likeness (QED) is 0.0843. The van der Waals surface area contributed by atoms with Gasteiger partial charge in [0, 0.05) is 62.3 Å². The van der Waals surface area contributed by atoms with Crippen LogP contribution in [0.1, 0.15) is 105 Å². The Kier molecular flexibility index (Phi) is 20.9. The summed E-state index contributed by atoms with van der Waals surface area (Å²) in [5.41, 5.74) is 11.7. The molecular formula is C42H68N8O2. The first-order valence-electron chi connectivity index (χ1n) is 19.6. The van der Waals surface area contributed by atoms with Gasteiger partial charge in [-0.25, -0.2) is 0 Å². The van der Waals surface area contributed by atoms with Crippen LogP contribution in [0.25, 0.3) is 5.57 Å². The highest BCUT2D eigenvalue weighted by Gasteiger charge is 2.25. The van der Waals surface area contributed by atoms with Crippen molar-refractivity contribution in [1.29, 1.82) is 0 Å². The first-order valence-corrected chi connectivity index (χ1v) is 19.6. The van der Waals surface area contributed by atoms with Crippen LogP contribution in [0, 0.1) is 12.0 Å². The van der Waals surface area contributed by atoms with Gasteiger partial charge in [0.05, 0.1) is 24.6 Å². The van der Waals surface area contributed by atoms with Crippen LogP contribution in [-0.2, 0) is 6.42 Å². The number of rotatable bonds is 14. The molecular weight excluding hydrogens is 649 g/mol. The lowest BCUT2D eigenvalue weighted by Gasteiger charge is -2.39. The van der Waals surface area contributed by atoms with Crippen molar-refractivity contribution in [2.45, 2.75) is 113 Å². The predicted octanol–water partition coefficient (Wildman–Crippen LogP) is 7.79. The molecule has 6 N–H and O–H groups in total. The molecule has 0 aliphatic carbocycles. The van der Waals surface area contributed by atoms with E-state index in [2.05, 4.69) is 80.0 Å². The number of hydrogen-bond donors (Lipinski definition) is 5. The van der Waals surface area contributed by atoms with E-state index >= 15 is 0 Å². The largest absolute Gasteiger partial charge is 0.495 e. The van der Waals surface area contributed by atoms with Gasteiger partial charge < -0.3 is 35.6 Å². The number of anilines is 2. The Bertz CT molecular complexity index is 1480. The Labute approximate surface area is 315 Å². The molecule has 2 atom stereocenters. The molecule has 0 saturated carbocycles. The van der Waals surface area contributed by atoms with Gasteiger partial charge in [0.2, 0.25) is 0 Å². The highest BCUT2D eigenvalue weighted by Crippen LogP contribution is 2.33. The number of nitrogens with one attached hydrogen (secondary N) is 4. The predicted molar refractivity (Wildman–Crippen MR) is 221 cm³/mol. The van der Waals surface area contributed by atoms with E-state index in [0.717, 1.165) is 53.2 Å². The standard InChI is InChI=1S/C36H50N8O2.3C2H6/c1-5-15-43(16-6-2)31-12-17-44(18-13-31)32-9-10-33(35(21-32)45-4)42-36-38-24-30(25-39-36)29-8-7-28(11-14-37)34(20-29)46-26(3)19-27-22-40-41-23-27;3*1-2/h7-10,20-24,26,31,36,38-39,42H,5-6,12-13,15-19,25,37H2,1-4H3,(H,40,41);3*1-2H3. The molecule has 2 unspecified atom stereocenters. The van der Waals surface area contributed by atoms with Crippen LogP contribution in [0.15, 0.2) is 55.0 Å². The summed E-state index contributed by atoms with van der Waals surface area (Å²) in [7, 11) is 1.73. The number of nitrogens with two attached hydrogens (primary N) is 1. The van der Waals surface area contributed by atoms with Crippen molar-refractivity contribution < 1.29 is 9.47 Å². The van der Waals surface area contributed by atoms with Crippen LogP contribution in [0.2, 0.25) is 0 Å². The number of ether oxygens (including phenoxy) is 2. The number of aromatic amines is 1. The summed E-state index contributed by atoms with van der Waals surface area (Å²) < 4.78 is 12.2. The molecule has 52 heavy (non-hydrogen) atoms. The van der Waals surface area contributed by atoms with Crippen LogP contribution in [-0.4, -0.2) is 73.4 Å². The highest BCUT2D eigenvalue weighted by atomic mass is 16.5. The maximum atomic E-state index is 6.32. The van der Waals surface area contributed by atoms with Crippen molar-refractivity contribution in [2.75, 3.05) is 50.1 Å². The fourth-order valence-corrected chi connectivity index (χ4v) is 6.46. The fourth-order valence-electron chi connectivity index (χ4n) is 6.46. The van der Waals surface area contributed by atoms with Gasteiger partial charge in [-0.3, -0.25) is 10.4 Å². The minimum Gasteiger partial charge on any atom is -0.495 e. The van der Waals surface area contributed by atoms with Gasteiger partial charge in [-0.1, -0.05) is 61.5 Å². The summed E-state index contributed by atoms with van der Waals surface area (Å²) in [4.78, 5) is 5.18. The number of piperidine rings is 1. The molecule has 1 fully saturated rings. The molecule has 0 amide bonds. The van der Waals surface area contributed by atoms with Gasteiger partial charge in [0.1, 0.15) is 17.6 Å². The van der Waals surface area contributed by atoms with E-state index in [1.807, 2.05) is 85.3 Å². The average Bonchev–Trinajstić information content (AvgIpc) is 3.71. The molecule has 2 aliphatic heterocycles. The summed E-state index contributed by atoms with van der Waals surface area (Å²) in [6.07, 6.45) is 11.1. The zero-order valence-corrected chi connectivity index (χ0v) is 33.7. The molecule has 0 radical (unpaired) electrons. The third-order valence-corrected chi connectivity index (χ3v) is 8.74. The van der Waals surface area contributed by atoms with E-state index in [4.69, 9.17) is 15.2 Å². The molecule has 1 saturated heterocycles. The zero-order valence-electron chi connectivity index (χ0n) is 33.7. The smallest absolute Gasteiger partial charge is 0.152 e. The minimum atomic E-state index is -0.157. The van der Waals surface area contributed by atoms with E-state index in [1.165, 1.54) is 44.5 Å². The lowest BCUT2D eigenvalue weighted by molar-refractivity contribution is 0.169. The van der Waals surface area contributed by atoms with E-state index in [-0.39, 0.29) is 12.4 Å². The van der Waals surface area contributed by atoms with E-state index < -0.39 is 0 Å². The molecule has 288 valence electrons. The van der Waals surface area contributed by atoms with Crippen LogP contribution in [0.3, 0.4) is 0 Å². The van der Waals surface area contributed by atoms with Crippen molar-refractivity contribution in [2.24, 2.45) is 5.73 Å². The fraction of sp³-hybridized carbons (Fsp3) is 0.548. The van der Waals surface area contributed by atoms with Crippen molar-refractivity contribution >= 4 is 16.9 Å². The van der Waals surface area contributed by atoms with Crippen molar-refractivity contribution in [1.82, 2.24) is 25.7 Å². The highest BCUT2D eigenvalue weighted by molar-refractivity contribution is 5.71. The topological polar surface area (TPSA) is 116 Å². The SMILES string of the molecule is CC.CC.CC.CCCN(CCC)C1CCN(c2ccc(NC3NC=C(c4ccc(C#CN)c(OC(C)Cc5cn[nH]c5)c4)CN3)c(OC)c2)CC1. The number of H-pyrrole nitrogens is 1. The minimum absolute atomic E-state index is 0.0634. The molecule has 2 aromatic carbocycles. The molecule has 10 heteroatoms. The normalized spacial score (nSPS) is 15.8. The monoisotopic (exact) mass is 717 g/mol. The van der Waals surface area contributed by atoms with Crippen molar-refractivity contribution in [3.8, 4) is 23.5 Å². The Morgan fingerprint density at radius 2 is 1.71 bits per heavy atom. The lowest BCUT2D eigenvalue weighted by atomic mass is 10.0. The summed E-state index contributed by atoms with van der Waals surface area (Å²) >= 11 is 0.